The fourth-order valence-electron chi connectivity index (χ4n) is 0.577. The minimum absolute atomic E-state index is 0.000926. The van der Waals surface area contributed by atoms with Crippen LogP contribution in [-0.2, 0) is 4.79 Å². The molecule has 52 valence electrons. The summed E-state index contributed by atoms with van der Waals surface area (Å²) in [6, 6.07) is 0. The first kappa shape index (κ1) is 7.09. The van der Waals surface area contributed by atoms with Gasteiger partial charge in [-0.3, -0.25) is 9.69 Å². The molecule has 0 N–H and O–H groups in total. The SMILES string of the molecule is CN1C(=O)CSC1=NC#N. The van der Waals surface area contributed by atoms with Crippen LogP contribution < -0.4 is 0 Å². The monoisotopic (exact) mass is 155 g/mol. The Labute approximate surface area is 62.5 Å². The minimum atomic E-state index is -0.000926. The Bertz CT molecular complexity index is 230. The average molecular weight is 155 g/mol. The molecule has 1 aliphatic heterocycles. The maximum absolute atomic E-state index is 10.8. The van der Waals surface area contributed by atoms with Crippen molar-refractivity contribution in [2.24, 2.45) is 4.99 Å². The van der Waals surface area contributed by atoms with E-state index in [9.17, 15) is 4.79 Å². The van der Waals surface area contributed by atoms with Gasteiger partial charge < -0.3 is 0 Å². The highest BCUT2D eigenvalue weighted by Crippen LogP contribution is 2.16. The largest absolute Gasteiger partial charge is 0.293 e. The van der Waals surface area contributed by atoms with Gasteiger partial charge in [-0.2, -0.15) is 5.26 Å². The molecule has 4 nitrogen and oxygen atoms in total. The van der Waals surface area contributed by atoms with Gasteiger partial charge in [0.2, 0.25) is 12.1 Å². The van der Waals surface area contributed by atoms with Crippen LogP contribution in [0.25, 0.3) is 0 Å². The third-order valence-corrected chi connectivity index (χ3v) is 2.15. The molecule has 1 aliphatic rings. The van der Waals surface area contributed by atoms with E-state index in [-0.39, 0.29) is 5.91 Å². The van der Waals surface area contributed by atoms with E-state index in [0.29, 0.717) is 10.9 Å². The lowest BCUT2D eigenvalue weighted by atomic mass is 10.6. The lowest BCUT2D eigenvalue weighted by molar-refractivity contribution is -0.123. The predicted molar refractivity (Wildman–Crippen MR) is 38.3 cm³/mol. The van der Waals surface area contributed by atoms with Crippen molar-refractivity contribution in [3.63, 3.8) is 0 Å². The Kier molecular flexibility index (Phi) is 1.92. The summed E-state index contributed by atoms with van der Waals surface area (Å²) in [5.41, 5.74) is 0. The number of carbonyl (C=O) groups excluding carboxylic acids is 1. The second-order valence-electron chi connectivity index (χ2n) is 1.74. The number of amidine groups is 1. The number of aliphatic imine (C=N–C) groups is 1. The lowest BCUT2D eigenvalue weighted by Crippen LogP contribution is -2.24. The first-order valence-corrected chi connectivity index (χ1v) is 3.60. The molecular formula is C5H5N3OS. The van der Waals surface area contributed by atoms with Crippen molar-refractivity contribution in [2.75, 3.05) is 12.8 Å². The van der Waals surface area contributed by atoms with E-state index in [1.807, 2.05) is 0 Å². The molecule has 1 amide bonds. The first-order chi connectivity index (χ1) is 4.75. The maximum atomic E-state index is 10.8. The molecule has 0 aromatic carbocycles. The second-order valence-corrected chi connectivity index (χ2v) is 2.68. The Balaban J connectivity index is 2.77. The minimum Gasteiger partial charge on any atom is -0.293 e. The molecular weight excluding hydrogens is 150 g/mol. The number of nitrogens with zero attached hydrogens (tertiary/aromatic N) is 3. The van der Waals surface area contributed by atoms with Gasteiger partial charge in [-0.15, -0.1) is 4.99 Å². The summed E-state index contributed by atoms with van der Waals surface area (Å²) in [5.74, 6) is 0.399. The van der Waals surface area contributed by atoms with Gasteiger partial charge in [0.05, 0.1) is 5.75 Å². The van der Waals surface area contributed by atoms with E-state index >= 15 is 0 Å². The summed E-state index contributed by atoms with van der Waals surface area (Å²) in [5, 5.41) is 8.63. The van der Waals surface area contributed by atoms with Crippen LogP contribution in [0.5, 0.6) is 0 Å². The van der Waals surface area contributed by atoms with Crippen molar-refractivity contribution in [1.82, 2.24) is 4.90 Å². The molecule has 0 saturated carbocycles. The predicted octanol–water partition coefficient (Wildman–Crippen LogP) is 0.0287. The topological polar surface area (TPSA) is 56.5 Å². The van der Waals surface area contributed by atoms with Crippen LogP contribution in [0.4, 0.5) is 0 Å². The summed E-state index contributed by atoms with van der Waals surface area (Å²) in [6.07, 6.45) is 1.63. The van der Waals surface area contributed by atoms with Crippen molar-refractivity contribution >= 4 is 22.8 Å². The molecule has 0 aromatic heterocycles. The molecule has 0 aliphatic carbocycles. The van der Waals surface area contributed by atoms with Crippen molar-refractivity contribution in [2.45, 2.75) is 0 Å². The summed E-state index contributed by atoms with van der Waals surface area (Å²) < 4.78 is 0. The Morgan fingerprint density at radius 2 is 2.60 bits per heavy atom. The summed E-state index contributed by atoms with van der Waals surface area (Å²) >= 11 is 1.29. The van der Waals surface area contributed by atoms with Crippen LogP contribution in [0.2, 0.25) is 0 Å². The fourth-order valence-corrected chi connectivity index (χ4v) is 1.42. The molecule has 10 heavy (non-hydrogen) atoms. The van der Waals surface area contributed by atoms with E-state index in [1.54, 1.807) is 13.2 Å². The summed E-state index contributed by atoms with van der Waals surface area (Å²) in [6.45, 7) is 0. The Morgan fingerprint density at radius 1 is 1.90 bits per heavy atom. The molecule has 1 rings (SSSR count). The van der Waals surface area contributed by atoms with E-state index in [4.69, 9.17) is 5.26 Å². The van der Waals surface area contributed by atoms with Crippen molar-refractivity contribution < 1.29 is 4.79 Å². The molecule has 0 radical (unpaired) electrons. The van der Waals surface area contributed by atoms with E-state index in [2.05, 4.69) is 4.99 Å². The van der Waals surface area contributed by atoms with E-state index < -0.39 is 0 Å². The molecule has 1 heterocycles. The highest BCUT2D eigenvalue weighted by molar-refractivity contribution is 8.15. The van der Waals surface area contributed by atoms with Crippen LogP contribution >= 0.6 is 11.8 Å². The number of hydrogen-bond acceptors (Lipinski definition) is 4. The van der Waals surface area contributed by atoms with Crippen LogP contribution in [0.15, 0.2) is 4.99 Å². The molecule has 0 bridgehead atoms. The lowest BCUT2D eigenvalue weighted by Gasteiger charge is -2.04. The van der Waals surface area contributed by atoms with Crippen LogP contribution in [0.3, 0.4) is 0 Å². The molecule has 1 saturated heterocycles. The molecule has 0 spiro atoms. The number of thioether (sulfide) groups is 1. The van der Waals surface area contributed by atoms with Gasteiger partial charge >= 0.3 is 0 Å². The van der Waals surface area contributed by atoms with Crippen LogP contribution in [-0.4, -0.2) is 28.8 Å². The smallest absolute Gasteiger partial charge is 0.238 e. The van der Waals surface area contributed by atoms with Gasteiger partial charge in [0.15, 0.2) is 5.17 Å². The van der Waals surface area contributed by atoms with Crippen LogP contribution in [0.1, 0.15) is 0 Å². The molecule has 0 aromatic rings. The number of carbonyl (C=O) groups is 1. The van der Waals surface area contributed by atoms with E-state index in [0.717, 1.165) is 0 Å². The molecule has 0 unspecified atom stereocenters. The quantitative estimate of drug-likeness (QED) is 0.464. The average Bonchev–Trinajstić information content (AvgIpc) is 2.20. The zero-order chi connectivity index (χ0) is 7.56. The zero-order valence-electron chi connectivity index (χ0n) is 5.37. The van der Waals surface area contributed by atoms with Crippen molar-refractivity contribution in [3.05, 3.63) is 0 Å². The second kappa shape index (κ2) is 2.71. The van der Waals surface area contributed by atoms with Gasteiger partial charge in [-0.25, -0.2) is 0 Å². The van der Waals surface area contributed by atoms with Crippen molar-refractivity contribution in [3.8, 4) is 6.19 Å². The summed E-state index contributed by atoms with van der Waals surface area (Å²) in [4.78, 5) is 15.6. The highest BCUT2D eigenvalue weighted by Gasteiger charge is 2.23. The third-order valence-electron chi connectivity index (χ3n) is 1.13. The van der Waals surface area contributed by atoms with Gasteiger partial charge in [-0.05, 0) is 0 Å². The van der Waals surface area contributed by atoms with Gasteiger partial charge in [0.1, 0.15) is 0 Å². The fraction of sp³-hybridized carbons (Fsp3) is 0.400. The van der Waals surface area contributed by atoms with Gasteiger partial charge in [-0.1, -0.05) is 11.8 Å². The van der Waals surface area contributed by atoms with Gasteiger partial charge in [0.25, 0.3) is 0 Å². The number of rotatable bonds is 0. The van der Waals surface area contributed by atoms with Crippen LogP contribution in [0, 0.1) is 11.5 Å². The molecule has 5 heteroatoms. The molecule has 1 fully saturated rings. The zero-order valence-corrected chi connectivity index (χ0v) is 6.18. The normalized spacial score (nSPS) is 21.8. The van der Waals surface area contributed by atoms with Gasteiger partial charge in [0, 0.05) is 7.05 Å². The van der Waals surface area contributed by atoms with Crippen molar-refractivity contribution in [1.29, 1.82) is 5.26 Å². The molecule has 0 atom stereocenters. The van der Waals surface area contributed by atoms with E-state index in [1.165, 1.54) is 16.7 Å². The maximum Gasteiger partial charge on any atom is 0.238 e. The first-order valence-electron chi connectivity index (χ1n) is 2.62. The standard InChI is InChI=1S/C5H5N3OS/c1-8-4(9)2-10-5(8)7-3-6/h2H2,1H3. The third kappa shape index (κ3) is 1.11. The highest BCUT2D eigenvalue weighted by atomic mass is 32.2. The number of hydrogen-bond donors (Lipinski definition) is 0. The Hall–Kier alpha value is -1.02. The summed E-state index contributed by atoms with van der Waals surface area (Å²) in [7, 11) is 1.61. The number of nitriles is 1. The number of amides is 1. The Morgan fingerprint density at radius 3 is 3.00 bits per heavy atom.